The van der Waals surface area contributed by atoms with Crippen molar-refractivity contribution in [3.8, 4) is 0 Å². The summed E-state index contributed by atoms with van der Waals surface area (Å²) in [6.07, 6.45) is 1.23. The molecule has 1 atom stereocenters. The molecule has 1 saturated heterocycles. The Bertz CT molecular complexity index is 428. The molecule has 1 aromatic rings. The average Bonchev–Trinajstić information content (AvgIpc) is 2.32. The van der Waals surface area contributed by atoms with Crippen molar-refractivity contribution in [2.75, 3.05) is 16.8 Å². The van der Waals surface area contributed by atoms with Gasteiger partial charge in [0.05, 0.1) is 0 Å². The lowest BCUT2D eigenvalue weighted by molar-refractivity contribution is 0.100. The molecule has 4 heteroatoms. The van der Waals surface area contributed by atoms with Crippen LogP contribution in [-0.4, -0.2) is 23.5 Å². The van der Waals surface area contributed by atoms with E-state index in [1.165, 1.54) is 12.2 Å². The highest BCUT2D eigenvalue weighted by Crippen LogP contribution is 2.35. The van der Waals surface area contributed by atoms with Crippen molar-refractivity contribution >= 4 is 23.4 Å². The molecule has 18 heavy (non-hydrogen) atoms. The second kappa shape index (κ2) is 5.22. The predicted molar refractivity (Wildman–Crippen MR) is 78.1 cm³/mol. The van der Waals surface area contributed by atoms with E-state index in [-0.39, 0.29) is 5.91 Å². The summed E-state index contributed by atoms with van der Waals surface area (Å²) in [4.78, 5) is 11.0. The number of nitrogens with two attached hydrogens (primary N) is 1. The molecule has 2 rings (SSSR count). The Labute approximate surface area is 113 Å². The molecule has 98 valence electrons. The van der Waals surface area contributed by atoms with Crippen molar-refractivity contribution in [3.05, 3.63) is 29.8 Å². The number of hydrogen-bond acceptors (Lipinski definition) is 3. The van der Waals surface area contributed by atoms with Gasteiger partial charge in [-0.25, -0.2) is 0 Å². The van der Waals surface area contributed by atoms with E-state index in [0.29, 0.717) is 17.0 Å². The zero-order valence-corrected chi connectivity index (χ0v) is 11.7. The molecule has 0 aromatic heterocycles. The molecule has 1 fully saturated rings. The number of carbonyl (C=O) groups excluding carboxylic acids is 1. The second-order valence-corrected chi connectivity index (χ2v) is 6.60. The summed E-state index contributed by atoms with van der Waals surface area (Å²) in [5.74, 6) is 1.99. The average molecular weight is 264 g/mol. The summed E-state index contributed by atoms with van der Waals surface area (Å²) in [6, 6.07) is 7.86. The maximum absolute atomic E-state index is 11.0. The number of benzene rings is 1. The zero-order valence-electron chi connectivity index (χ0n) is 10.9. The fourth-order valence-corrected chi connectivity index (χ4v) is 3.71. The lowest BCUT2D eigenvalue weighted by Crippen LogP contribution is -2.41. The van der Waals surface area contributed by atoms with Gasteiger partial charge < -0.3 is 11.1 Å². The summed E-state index contributed by atoms with van der Waals surface area (Å²) >= 11 is 2.00. The lowest BCUT2D eigenvalue weighted by atomic mass is 9.82. The van der Waals surface area contributed by atoms with Crippen LogP contribution in [0, 0.1) is 5.41 Å². The molecule has 0 aliphatic carbocycles. The molecule has 1 aliphatic heterocycles. The summed E-state index contributed by atoms with van der Waals surface area (Å²) in [7, 11) is 0. The Kier molecular flexibility index (Phi) is 3.85. The number of nitrogens with one attached hydrogen (secondary N) is 1. The standard InChI is InChI=1S/C14H20N2OS/c1-14(2)7-8-18-9-12(14)16-11-5-3-10(4-6-11)13(15)17/h3-6,12,16H,7-9H2,1-2H3,(H2,15,17). The van der Waals surface area contributed by atoms with Crippen molar-refractivity contribution in [1.29, 1.82) is 0 Å². The van der Waals surface area contributed by atoms with Crippen LogP contribution >= 0.6 is 11.8 Å². The molecule has 1 amide bonds. The molecule has 0 saturated carbocycles. The van der Waals surface area contributed by atoms with E-state index < -0.39 is 0 Å². The van der Waals surface area contributed by atoms with Gasteiger partial charge in [-0.15, -0.1) is 0 Å². The van der Waals surface area contributed by atoms with Crippen LogP contribution in [0.2, 0.25) is 0 Å². The van der Waals surface area contributed by atoms with Crippen LogP contribution in [0.3, 0.4) is 0 Å². The van der Waals surface area contributed by atoms with Crippen molar-refractivity contribution < 1.29 is 4.79 Å². The Morgan fingerprint density at radius 1 is 1.39 bits per heavy atom. The van der Waals surface area contributed by atoms with Gasteiger partial charge in [0.1, 0.15) is 0 Å². The largest absolute Gasteiger partial charge is 0.381 e. The number of thioether (sulfide) groups is 1. The first-order valence-electron chi connectivity index (χ1n) is 6.23. The minimum Gasteiger partial charge on any atom is -0.381 e. The van der Waals surface area contributed by atoms with Crippen LogP contribution in [0.4, 0.5) is 5.69 Å². The number of rotatable bonds is 3. The van der Waals surface area contributed by atoms with E-state index in [0.717, 1.165) is 11.4 Å². The fourth-order valence-electron chi connectivity index (χ4n) is 2.11. The monoisotopic (exact) mass is 264 g/mol. The van der Waals surface area contributed by atoms with E-state index in [2.05, 4.69) is 19.2 Å². The summed E-state index contributed by atoms with van der Waals surface area (Å²) in [6.45, 7) is 4.62. The van der Waals surface area contributed by atoms with E-state index in [9.17, 15) is 4.79 Å². The maximum atomic E-state index is 11.0. The van der Waals surface area contributed by atoms with Gasteiger partial charge in [0.2, 0.25) is 5.91 Å². The van der Waals surface area contributed by atoms with Crippen LogP contribution in [0.1, 0.15) is 30.6 Å². The Hall–Kier alpha value is -1.16. The highest BCUT2D eigenvalue weighted by atomic mass is 32.2. The molecule has 1 heterocycles. The third-order valence-corrected chi connectivity index (χ3v) is 4.69. The Morgan fingerprint density at radius 2 is 2.06 bits per heavy atom. The van der Waals surface area contributed by atoms with Gasteiger partial charge in [-0.3, -0.25) is 4.79 Å². The molecule has 0 radical (unpaired) electrons. The number of amides is 1. The third-order valence-electron chi connectivity index (χ3n) is 3.63. The van der Waals surface area contributed by atoms with Gasteiger partial charge in [0, 0.05) is 23.0 Å². The smallest absolute Gasteiger partial charge is 0.248 e. The van der Waals surface area contributed by atoms with Crippen LogP contribution in [0.15, 0.2) is 24.3 Å². The predicted octanol–water partition coefficient (Wildman–Crippen LogP) is 2.73. The quantitative estimate of drug-likeness (QED) is 0.882. The first-order chi connectivity index (χ1) is 8.49. The number of hydrogen-bond donors (Lipinski definition) is 2. The van der Waals surface area contributed by atoms with Gasteiger partial charge in [0.15, 0.2) is 0 Å². The van der Waals surface area contributed by atoms with Gasteiger partial charge in [-0.05, 0) is 41.9 Å². The van der Waals surface area contributed by atoms with E-state index in [1.807, 2.05) is 23.9 Å². The van der Waals surface area contributed by atoms with E-state index in [1.54, 1.807) is 12.1 Å². The molecule has 1 aromatic carbocycles. The molecule has 0 spiro atoms. The van der Waals surface area contributed by atoms with Gasteiger partial charge in [-0.2, -0.15) is 11.8 Å². The summed E-state index contributed by atoms with van der Waals surface area (Å²) in [5.41, 5.74) is 7.15. The molecular formula is C14H20N2OS. The normalized spacial score (nSPS) is 22.4. The van der Waals surface area contributed by atoms with Crippen LogP contribution < -0.4 is 11.1 Å². The van der Waals surface area contributed by atoms with Crippen LogP contribution in [0.5, 0.6) is 0 Å². The molecule has 1 aliphatic rings. The molecule has 1 unspecified atom stereocenters. The van der Waals surface area contributed by atoms with Crippen LogP contribution in [0.25, 0.3) is 0 Å². The minimum absolute atomic E-state index is 0.313. The first-order valence-corrected chi connectivity index (χ1v) is 7.39. The third kappa shape index (κ3) is 2.99. The molecule has 3 nitrogen and oxygen atoms in total. The van der Waals surface area contributed by atoms with Gasteiger partial charge >= 0.3 is 0 Å². The zero-order chi connectivity index (χ0) is 13.2. The fraction of sp³-hybridized carbons (Fsp3) is 0.500. The molecule has 0 bridgehead atoms. The van der Waals surface area contributed by atoms with E-state index >= 15 is 0 Å². The van der Waals surface area contributed by atoms with Crippen LogP contribution in [-0.2, 0) is 0 Å². The highest BCUT2D eigenvalue weighted by Gasteiger charge is 2.32. The maximum Gasteiger partial charge on any atom is 0.248 e. The Morgan fingerprint density at radius 3 is 2.61 bits per heavy atom. The van der Waals surface area contributed by atoms with E-state index in [4.69, 9.17) is 5.73 Å². The van der Waals surface area contributed by atoms with Gasteiger partial charge in [0.25, 0.3) is 0 Å². The Balaban J connectivity index is 2.06. The second-order valence-electron chi connectivity index (χ2n) is 5.45. The lowest BCUT2D eigenvalue weighted by Gasteiger charge is -2.39. The number of anilines is 1. The van der Waals surface area contributed by atoms with Gasteiger partial charge in [-0.1, -0.05) is 13.8 Å². The number of carbonyl (C=O) groups is 1. The van der Waals surface area contributed by atoms with Crippen molar-refractivity contribution in [1.82, 2.24) is 0 Å². The topological polar surface area (TPSA) is 55.1 Å². The SMILES string of the molecule is CC1(C)CCSCC1Nc1ccc(C(N)=O)cc1. The molecular weight excluding hydrogens is 244 g/mol. The minimum atomic E-state index is -0.380. The first kappa shape index (κ1) is 13.3. The number of primary amides is 1. The van der Waals surface area contributed by atoms with Crippen molar-refractivity contribution in [3.63, 3.8) is 0 Å². The van der Waals surface area contributed by atoms with Crippen molar-refractivity contribution in [2.24, 2.45) is 11.1 Å². The molecule has 3 N–H and O–H groups in total. The summed E-state index contributed by atoms with van der Waals surface area (Å²) in [5, 5.41) is 3.56. The summed E-state index contributed by atoms with van der Waals surface area (Å²) < 4.78 is 0. The highest BCUT2D eigenvalue weighted by molar-refractivity contribution is 7.99. The van der Waals surface area contributed by atoms with Crippen molar-refractivity contribution in [2.45, 2.75) is 26.3 Å².